The number of carbonyl (C=O) groups excluding carboxylic acids is 1. The summed E-state index contributed by atoms with van der Waals surface area (Å²) in [7, 11) is 0. The van der Waals surface area contributed by atoms with Crippen molar-refractivity contribution in [2.24, 2.45) is 16.1 Å². The van der Waals surface area contributed by atoms with Gasteiger partial charge in [0.25, 0.3) is 0 Å². The van der Waals surface area contributed by atoms with Crippen LogP contribution in [0.1, 0.15) is 27.2 Å². The molecule has 0 saturated carbocycles. The van der Waals surface area contributed by atoms with Gasteiger partial charge >= 0.3 is 0 Å². The van der Waals surface area contributed by atoms with E-state index in [4.69, 9.17) is 5.73 Å². The molecule has 0 aromatic heterocycles. The van der Waals surface area contributed by atoms with Crippen molar-refractivity contribution in [2.45, 2.75) is 32.4 Å². The molecule has 1 aliphatic rings. The van der Waals surface area contributed by atoms with Gasteiger partial charge < -0.3 is 11.1 Å². The molecule has 0 bridgehead atoms. The van der Waals surface area contributed by atoms with Gasteiger partial charge in [0.2, 0.25) is 5.91 Å². The van der Waals surface area contributed by atoms with Crippen LogP contribution in [-0.2, 0) is 4.79 Å². The van der Waals surface area contributed by atoms with Gasteiger partial charge in [0.05, 0.1) is 13.1 Å². The van der Waals surface area contributed by atoms with Gasteiger partial charge in [-0.3, -0.25) is 9.79 Å². The fourth-order valence-corrected chi connectivity index (χ4v) is 2.82. The third kappa shape index (κ3) is 5.06. The van der Waals surface area contributed by atoms with E-state index in [0.29, 0.717) is 10.7 Å². The summed E-state index contributed by atoms with van der Waals surface area (Å²) in [6, 6.07) is 0. The molecule has 5 heteroatoms. The van der Waals surface area contributed by atoms with Crippen molar-refractivity contribution in [1.29, 1.82) is 0 Å². The molecule has 86 valence electrons. The van der Waals surface area contributed by atoms with Gasteiger partial charge in [-0.1, -0.05) is 32.5 Å². The number of primary amides is 1. The molecular formula is C10H19N3OS. The fraction of sp³-hybridized carbons (Fsp3) is 0.800. The second-order valence-electron chi connectivity index (χ2n) is 4.97. The second kappa shape index (κ2) is 4.88. The summed E-state index contributed by atoms with van der Waals surface area (Å²) in [4.78, 5) is 14.9. The number of aliphatic imine (C=N–C) groups is 1. The van der Waals surface area contributed by atoms with Crippen molar-refractivity contribution in [1.82, 2.24) is 5.32 Å². The Morgan fingerprint density at radius 1 is 1.67 bits per heavy atom. The lowest BCUT2D eigenvalue weighted by molar-refractivity contribution is -0.116. The predicted molar refractivity (Wildman–Crippen MR) is 65.0 cm³/mol. The van der Waals surface area contributed by atoms with Crippen LogP contribution in [0.25, 0.3) is 0 Å². The van der Waals surface area contributed by atoms with Gasteiger partial charge in [0.1, 0.15) is 0 Å². The summed E-state index contributed by atoms with van der Waals surface area (Å²) in [6.07, 6.45) is 1.13. The summed E-state index contributed by atoms with van der Waals surface area (Å²) in [5, 5.41) is 4.31. The number of amides is 1. The summed E-state index contributed by atoms with van der Waals surface area (Å²) < 4.78 is 0. The summed E-state index contributed by atoms with van der Waals surface area (Å²) >= 11 is 1.71. The molecule has 1 aliphatic heterocycles. The Balaban J connectivity index is 2.28. The topological polar surface area (TPSA) is 67.5 Å². The highest BCUT2D eigenvalue weighted by Gasteiger charge is 2.24. The van der Waals surface area contributed by atoms with E-state index in [0.717, 1.165) is 18.1 Å². The maximum Gasteiger partial charge on any atom is 0.236 e. The largest absolute Gasteiger partial charge is 0.368 e. The zero-order chi connectivity index (χ0) is 11.5. The van der Waals surface area contributed by atoms with E-state index in [1.54, 1.807) is 11.8 Å². The average Bonchev–Trinajstić information content (AvgIpc) is 2.45. The molecule has 3 N–H and O–H groups in total. The molecule has 1 atom stereocenters. The molecule has 0 fully saturated rings. The molecule has 0 saturated heterocycles. The van der Waals surface area contributed by atoms with Crippen LogP contribution in [0.3, 0.4) is 0 Å². The number of nitrogens with one attached hydrogen (secondary N) is 1. The Bertz CT molecular complexity index is 270. The van der Waals surface area contributed by atoms with E-state index in [-0.39, 0.29) is 12.5 Å². The number of rotatable bonds is 3. The predicted octanol–water partition coefficient (Wildman–Crippen LogP) is 0.969. The smallest absolute Gasteiger partial charge is 0.236 e. The van der Waals surface area contributed by atoms with Crippen LogP contribution in [0.15, 0.2) is 4.99 Å². The highest BCUT2D eigenvalue weighted by molar-refractivity contribution is 8.14. The first kappa shape index (κ1) is 12.4. The average molecular weight is 229 g/mol. The van der Waals surface area contributed by atoms with Crippen LogP contribution in [0.4, 0.5) is 0 Å². The molecule has 4 nitrogen and oxygen atoms in total. The minimum absolute atomic E-state index is 0.175. The van der Waals surface area contributed by atoms with Gasteiger partial charge in [-0.25, -0.2) is 0 Å². The van der Waals surface area contributed by atoms with E-state index < -0.39 is 0 Å². The first-order valence-electron chi connectivity index (χ1n) is 5.10. The molecule has 1 rings (SSSR count). The molecule has 15 heavy (non-hydrogen) atoms. The lowest BCUT2D eigenvalue weighted by atomic mass is 9.90. The van der Waals surface area contributed by atoms with E-state index in [1.165, 1.54) is 0 Å². The Labute approximate surface area is 95.1 Å². The number of thioether (sulfide) groups is 1. The lowest BCUT2D eigenvalue weighted by Gasteiger charge is -2.21. The van der Waals surface area contributed by atoms with Crippen molar-refractivity contribution in [3.63, 3.8) is 0 Å². The molecule has 0 spiro atoms. The van der Waals surface area contributed by atoms with Crippen LogP contribution in [0, 0.1) is 5.41 Å². The lowest BCUT2D eigenvalue weighted by Crippen LogP contribution is -2.31. The summed E-state index contributed by atoms with van der Waals surface area (Å²) in [6.45, 7) is 7.68. The minimum Gasteiger partial charge on any atom is -0.368 e. The summed E-state index contributed by atoms with van der Waals surface area (Å²) in [5.74, 6) is -0.349. The van der Waals surface area contributed by atoms with E-state index in [2.05, 4.69) is 31.1 Å². The molecule has 1 heterocycles. The van der Waals surface area contributed by atoms with Gasteiger partial charge in [0, 0.05) is 5.25 Å². The van der Waals surface area contributed by atoms with Gasteiger partial charge in [-0.2, -0.15) is 0 Å². The van der Waals surface area contributed by atoms with Gasteiger partial charge in [-0.15, -0.1) is 0 Å². The standard InChI is InChI=1S/C10H19N3OS/c1-10(2,3)4-7-5-12-9(15-7)13-6-8(11)14/h7H,4-6H2,1-3H3,(H2,11,14)(H,12,13). The molecule has 1 unspecified atom stereocenters. The van der Waals surface area contributed by atoms with Crippen LogP contribution in [-0.4, -0.2) is 29.4 Å². The van der Waals surface area contributed by atoms with E-state index >= 15 is 0 Å². The van der Waals surface area contributed by atoms with E-state index in [1.807, 2.05) is 0 Å². The molecular weight excluding hydrogens is 210 g/mol. The Kier molecular flexibility index (Phi) is 4.02. The quantitative estimate of drug-likeness (QED) is 0.757. The van der Waals surface area contributed by atoms with Crippen molar-refractivity contribution < 1.29 is 4.79 Å². The molecule has 1 amide bonds. The molecule has 0 aliphatic carbocycles. The highest BCUT2D eigenvalue weighted by Crippen LogP contribution is 2.31. The Hall–Kier alpha value is -0.710. The minimum atomic E-state index is -0.349. The van der Waals surface area contributed by atoms with Crippen molar-refractivity contribution in [3.05, 3.63) is 0 Å². The number of carbonyl (C=O) groups is 1. The van der Waals surface area contributed by atoms with Crippen LogP contribution in [0.5, 0.6) is 0 Å². The van der Waals surface area contributed by atoms with Crippen molar-refractivity contribution >= 4 is 22.8 Å². The van der Waals surface area contributed by atoms with Crippen LogP contribution < -0.4 is 11.1 Å². The molecule has 0 aromatic carbocycles. The Morgan fingerprint density at radius 2 is 2.33 bits per heavy atom. The van der Waals surface area contributed by atoms with Gasteiger partial charge in [-0.05, 0) is 11.8 Å². The number of nitrogens with zero attached hydrogens (tertiary/aromatic N) is 1. The van der Waals surface area contributed by atoms with Crippen LogP contribution >= 0.6 is 11.8 Å². The monoisotopic (exact) mass is 229 g/mol. The third-order valence-electron chi connectivity index (χ3n) is 1.97. The van der Waals surface area contributed by atoms with Crippen molar-refractivity contribution in [3.8, 4) is 0 Å². The van der Waals surface area contributed by atoms with Crippen molar-refractivity contribution in [2.75, 3.05) is 13.1 Å². The number of hydrogen-bond acceptors (Lipinski definition) is 4. The fourth-order valence-electron chi connectivity index (χ4n) is 1.47. The van der Waals surface area contributed by atoms with Crippen LogP contribution in [0.2, 0.25) is 0 Å². The molecule has 0 radical (unpaired) electrons. The number of nitrogens with two attached hydrogens (primary N) is 1. The maximum absolute atomic E-state index is 10.6. The SMILES string of the molecule is CC(C)(C)CC1CN=C(NCC(N)=O)S1. The summed E-state index contributed by atoms with van der Waals surface area (Å²) in [5.41, 5.74) is 5.37. The third-order valence-corrected chi connectivity index (χ3v) is 3.12. The Morgan fingerprint density at radius 3 is 2.87 bits per heavy atom. The zero-order valence-electron chi connectivity index (χ0n) is 9.54. The zero-order valence-corrected chi connectivity index (χ0v) is 10.4. The normalized spacial score (nSPS) is 21.3. The van der Waals surface area contributed by atoms with E-state index in [9.17, 15) is 4.79 Å². The highest BCUT2D eigenvalue weighted by atomic mass is 32.2. The first-order valence-corrected chi connectivity index (χ1v) is 5.98. The first-order chi connectivity index (χ1) is 6.87. The number of hydrogen-bond donors (Lipinski definition) is 2. The number of amidine groups is 1. The van der Waals surface area contributed by atoms with Gasteiger partial charge in [0.15, 0.2) is 5.17 Å². The maximum atomic E-state index is 10.6. The molecule has 0 aromatic rings. The second-order valence-corrected chi connectivity index (χ2v) is 6.26.